The average Bonchev–Trinajstić information content (AvgIpc) is 3.55. The maximum Gasteiger partial charge on any atom is 0.459 e. The van der Waals surface area contributed by atoms with E-state index in [2.05, 4.69) is 24.9 Å². The van der Waals surface area contributed by atoms with E-state index in [-0.39, 0.29) is 35.3 Å². The van der Waals surface area contributed by atoms with Crippen molar-refractivity contribution in [3.63, 3.8) is 0 Å². The summed E-state index contributed by atoms with van der Waals surface area (Å²) >= 11 is 0. The van der Waals surface area contributed by atoms with Gasteiger partial charge in [0.2, 0.25) is 16.0 Å². The number of sulfonamides is 1. The fourth-order valence-corrected chi connectivity index (χ4v) is 7.10. The molecule has 1 saturated heterocycles. The van der Waals surface area contributed by atoms with Crippen molar-refractivity contribution < 1.29 is 46.5 Å². The van der Waals surface area contributed by atoms with E-state index >= 15 is 0 Å². The van der Waals surface area contributed by atoms with Crippen molar-refractivity contribution in [1.82, 2.24) is 29.4 Å². The van der Waals surface area contributed by atoms with Crippen LogP contribution in [0.2, 0.25) is 0 Å². The summed E-state index contributed by atoms with van der Waals surface area (Å²) in [6.45, 7) is 2.14. The number of rotatable bonds is 14. The van der Waals surface area contributed by atoms with E-state index in [1.165, 1.54) is 43.9 Å². The van der Waals surface area contributed by atoms with Crippen LogP contribution in [0, 0.1) is 0 Å². The Balaban J connectivity index is 1.35. The number of para-hydroxylation sites is 1. The van der Waals surface area contributed by atoms with Crippen molar-refractivity contribution >= 4 is 46.7 Å². The number of carbonyl (C=O) groups is 1. The number of nitrogen functional groups attached to an aromatic ring is 1. The maximum absolute atomic E-state index is 14.1. The van der Waals surface area contributed by atoms with Crippen LogP contribution in [-0.4, -0.2) is 87.9 Å². The van der Waals surface area contributed by atoms with Gasteiger partial charge in [-0.1, -0.05) is 48.5 Å². The zero-order valence-electron chi connectivity index (χ0n) is 26.9. The molecule has 20 heteroatoms. The fraction of sp³-hybridized carbons (Fsp3) is 0.379. The summed E-state index contributed by atoms with van der Waals surface area (Å²) in [5.41, 5.74) is 4.82. The normalized spacial score (nSPS) is 22.8. The molecule has 0 amide bonds. The minimum Gasteiger partial charge on any atom is -0.460 e. The van der Waals surface area contributed by atoms with Crippen LogP contribution in [0.25, 0.3) is 11.2 Å². The smallest absolute Gasteiger partial charge is 0.459 e. The second-order valence-electron chi connectivity index (χ2n) is 11.5. The van der Waals surface area contributed by atoms with E-state index in [0.29, 0.717) is 0 Å². The number of aliphatic hydroxyl groups is 2. The summed E-state index contributed by atoms with van der Waals surface area (Å²) in [4.78, 5) is 27.6. The number of nitrogens with two attached hydrogens (primary N) is 1. The van der Waals surface area contributed by atoms with Gasteiger partial charge in [0.15, 0.2) is 23.2 Å². The number of benzene rings is 2. The molecule has 4 aromatic rings. The second kappa shape index (κ2) is 14.3. The number of hydrogen-bond acceptors (Lipinski definition) is 15. The molecule has 2 aromatic carbocycles. The first-order valence-corrected chi connectivity index (χ1v) is 18.2. The van der Waals surface area contributed by atoms with E-state index in [4.69, 9.17) is 24.3 Å². The standard InChI is InChI=1S/C29H37N8O10PS/c1-18(26(39)44-15-19-11-7-5-8-12-19)34-48(41,47-20-13-9-6-10-14-20)45-16-21-23(38)29(2,40)27(46-21)37-17-31-22-24(32-28(30)33-25(22)37)36(3)35-49(4,42)43/h5-14,17-18,21,23,27,35,38,40H,15-16H2,1-4H3,(H,34,41)(H2,30,32,33)/t18?,21-,23-,27-,29-,48?/m1/s1. The number of aromatic nitrogens is 4. The summed E-state index contributed by atoms with van der Waals surface area (Å²) < 4.78 is 61.8. The molecule has 1 fully saturated rings. The molecule has 0 bridgehead atoms. The van der Waals surface area contributed by atoms with Gasteiger partial charge in [-0.05, 0) is 31.5 Å². The molecule has 1 aliphatic rings. The van der Waals surface area contributed by atoms with Crippen molar-refractivity contribution in [3.8, 4) is 5.75 Å². The Morgan fingerprint density at radius 3 is 2.49 bits per heavy atom. The highest BCUT2D eigenvalue weighted by atomic mass is 32.2. The van der Waals surface area contributed by atoms with Gasteiger partial charge in [-0.25, -0.2) is 18.0 Å². The SMILES string of the molecule is CC(NP(=O)(OC[C@H]1O[C@@H](n2cnc3c(N(C)NS(C)(=O)=O)nc(N)nc32)[C@](C)(O)[C@@H]1O)Oc1ccccc1)C(=O)OCc1ccccc1. The van der Waals surface area contributed by atoms with E-state index in [1.54, 1.807) is 42.5 Å². The molecule has 0 spiro atoms. The van der Waals surface area contributed by atoms with Gasteiger partial charge in [-0.3, -0.25) is 18.9 Å². The maximum atomic E-state index is 14.1. The van der Waals surface area contributed by atoms with E-state index in [9.17, 15) is 28.0 Å². The van der Waals surface area contributed by atoms with Crippen molar-refractivity contribution in [3.05, 3.63) is 72.6 Å². The zero-order chi connectivity index (χ0) is 35.6. The quantitative estimate of drug-likeness (QED) is 0.0699. The zero-order valence-corrected chi connectivity index (χ0v) is 28.6. The lowest BCUT2D eigenvalue weighted by atomic mass is 9.96. The number of carbonyl (C=O) groups excluding carboxylic acids is 1. The molecule has 3 heterocycles. The Hall–Kier alpha value is -4.20. The molecule has 6 N–H and O–H groups in total. The first-order valence-electron chi connectivity index (χ1n) is 14.8. The number of esters is 1. The van der Waals surface area contributed by atoms with Crippen LogP contribution in [0.4, 0.5) is 11.8 Å². The van der Waals surface area contributed by atoms with Crippen LogP contribution in [0.3, 0.4) is 0 Å². The molecule has 49 heavy (non-hydrogen) atoms. The molecule has 1 aliphatic heterocycles. The van der Waals surface area contributed by atoms with Gasteiger partial charge in [0.1, 0.15) is 36.2 Å². The summed E-state index contributed by atoms with van der Waals surface area (Å²) in [6.07, 6.45) is -2.04. The Morgan fingerprint density at radius 2 is 1.84 bits per heavy atom. The Labute approximate surface area is 281 Å². The Bertz CT molecular complexity index is 1930. The molecule has 18 nitrogen and oxygen atoms in total. The van der Waals surface area contributed by atoms with E-state index < -0.39 is 60.4 Å². The predicted octanol–water partition coefficient (Wildman–Crippen LogP) is 1.24. The van der Waals surface area contributed by atoms with E-state index in [1.807, 2.05) is 6.07 Å². The summed E-state index contributed by atoms with van der Waals surface area (Å²) in [6, 6.07) is 15.9. The third kappa shape index (κ3) is 8.52. The van der Waals surface area contributed by atoms with Crippen LogP contribution < -0.4 is 25.2 Å². The third-order valence-corrected chi connectivity index (χ3v) is 9.60. The van der Waals surface area contributed by atoms with Gasteiger partial charge in [-0.15, -0.1) is 4.83 Å². The van der Waals surface area contributed by atoms with Crippen LogP contribution in [-0.2, 0) is 40.0 Å². The van der Waals surface area contributed by atoms with Gasteiger partial charge in [-0.2, -0.15) is 15.1 Å². The largest absolute Gasteiger partial charge is 0.460 e. The third-order valence-electron chi connectivity index (χ3n) is 7.35. The number of aliphatic hydroxyl groups excluding tert-OH is 1. The average molecular weight is 721 g/mol. The minimum atomic E-state index is -4.37. The first-order chi connectivity index (χ1) is 23.1. The number of anilines is 2. The monoisotopic (exact) mass is 720 g/mol. The number of ether oxygens (including phenoxy) is 2. The fourth-order valence-electron chi connectivity index (χ4n) is 5.02. The molecule has 0 saturated carbocycles. The molecule has 6 atom stereocenters. The molecule has 0 radical (unpaired) electrons. The topological polar surface area (TPSA) is 243 Å². The van der Waals surface area contributed by atoms with Gasteiger partial charge in [0.05, 0.1) is 19.2 Å². The molecule has 264 valence electrons. The van der Waals surface area contributed by atoms with Crippen molar-refractivity contribution in [2.24, 2.45) is 0 Å². The Morgan fingerprint density at radius 1 is 1.18 bits per heavy atom. The first kappa shape index (κ1) is 36.1. The molecule has 2 unspecified atom stereocenters. The lowest BCUT2D eigenvalue weighted by molar-refractivity contribution is -0.146. The highest BCUT2D eigenvalue weighted by Crippen LogP contribution is 2.47. The van der Waals surface area contributed by atoms with Crippen molar-refractivity contribution in [2.45, 2.75) is 50.5 Å². The summed E-state index contributed by atoms with van der Waals surface area (Å²) in [5.74, 6) is -0.805. The number of nitrogens with one attached hydrogen (secondary N) is 2. The second-order valence-corrected chi connectivity index (χ2v) is 14.9. The summed E-state index contributed by atoms with van der Waals surface area (Å²) in [7, 11) is -6.68. The van der Waals surface area contributed by atoms with Crippen molar-refractivity contribution in [2.75, 3.05) is 30.7 Å². The highest BCUT2D eigenvalue weighted by Gasteiger charge is 2.54. The van der Waals surface area contributed by atoms with Crippen LogP contribution in [0.1, 0.15) is 25.6 Å². The van der Waals surface area contributed by atoms with Gasteiger partial charge < -0.3 is 29.9 Å². The lowest BCUT2D eigenvalue weighted by Crippen LogP contribution is -2.44. The molecular formula is C29H37N8O10PS. The van der Waals surface area contributed by atoms with Crippen LogP contribution >= 0.6 is 7.75 Å². The van der Waals surface area contributed by atoms with Crippen molar-refractivity contribution in [1.29, 1.82) is 0 Å². The number of hydrazine groups is 1. The molecular weight excluding hydrogens is 683 g/mol. The number of fused-ring (bicyclic) bond motifs is 1. The number of nitrogens with zero attached hydrogens (tertiary/aromatic N) is 5. The van der Waals surface area contributed by atoms with E-state index in [0.717, 1.165) is 16.8 Å². The number of hydrogen-bond donors (Lipinski definition) is 5. The van der Waals surface area contributed by atoms with Crippen LogP contribution in [0.5, 0.6) is 5.75 Å². The molecule has 0 aliphatic carbocycles. The van der Waals surface area contributed by atoms with Gasteiger partial charge in [0.25, 0.3) is 0 Å². The van der Waals surface area contributed by atoms with Gasteiger partial charge >= 0.3 is 13.7 Å². The Kier molecular flexibility index (Phi) is 10.6. The lowest BCUT2D eigenvalue weighted by Gasteiger charge is -2.27. The molecule has 5 rings (SSSR count). The molecule has 2 aromatic heterocycles. The number of imidazole rings is 1. The summed E-state index contributed by atoms with van der Waals surface area (Å²) in [5, 5.41) is 26.3. The predicted molar refractivity (Wildman–Crippen MR) is 176 cm³/mol. The van der Waals surface area contributed by atoms with Gasteiger partial charge in [0, 0.05) is 7.05 Å². The minimum absolute atomic E-state index is 0.00577. The highest BCUT2D eigenvalue weighted by molar-refractivity contribution is 7.88. The van der Waals surface area contributed by atoms with Crippen LogP contribution in [0.15, 0.2) is 67.0 Å².